The summed E-state index contributed by atoms with van der Waals surface area (Å²) in [5.74, 6) is -0.0415. The van der Waals surface area contributed by atoms with Crippen LogP contribution in [0.15, 0.2) is 48.5 Å². The topological polar surface area (TPSA) is 88.2 Å². The van der Waals surface area contributed by atoms with E-state index in [0.29, 0.717) is 11.5 Å². The van der Waals surface area contributed by atoms with Gasteiger partial charge in [-0.05, 0) is 43.3 Å². The summed E-state index contributed by atoms with van der Waals surface area (Å²) >= 11 is 0. The number of carbonyl (C=O) groups excluding carboxylic acids is 1. The molecular weight excluding hydrogens is 413 g/mol. The zero-order valence-electron chi connectivity index (χ0n) is 17.3. The van der Waals surface area contributed by atoms with Crippen molar-refractivity contribution in [3.05, 3.63) is 54.3 Å². The summed E-state index contributed by atoms with van der Waals surface area (Å²) in [6.45, 7) is 1.31. The van der Waals surface area contributed by atoms with E-state index in [-0.39, 0.29) is 12.3 Å². The summed E-state index contributed by atoms with van der Waals surface area (Å²) in [6, 6.07) is 11.9. The molecule has 0 fully saturated rings. The lowest BCUT2D eigenvalue weighted by molar-refractivity contribution is -0.120. The molecule has 1 N–H and O–H groups in total. The van der Waals surface area contributed by atoms with E-state index in [1.54, 1.807) is 38.3 Å². The highest BCUT2D eigenvalue weighted by Crippen LogP contribution is 2.22. The fourth-order valence-electron chi connectivity index (χ4n) is 2.53. The van der Waals surface area contributed by atoms with E-state index in [2.05, 4.69) is 5.32 Å². The minimum atomic E-state index is -4.08. The van der Waals surface area contributed by atoms with Crippen molar-refractivity contribution in [1.82, 2.24) is 9.62 Å². The first kappa shape index (κ1) is 23.4. The van der Waals surface area contributed by atoms with Crippen molar-refractivity contribution in [2.75, 3.05) is 38.7 Å². The van der Waals surface area contributed by atoms with Crippen molar-refractivity contribution in [2.45, 2.75) is 13.0 Å². The summed E-state index contributed by atoms with van der Waals surface area (Å²) in [5.41, 5.74) is -0.205. The largest absolute Gasteiger partial charge is 0.497 e. The van der Waals surface area contributed by atoms with Crippen molar-refractivity contribution >= 4 is 21.8 Å². The summed E-state index contributed by atoms with van der Waals surface area (Å²) < 4.78 is 51.8. The van der Waals surface area contributed by atoms with Crippen LogP contribution in [-0.4, -0.2) is 59.0 Å². The number of halogens is 1. The number of hydrogen-bond donors (Lipinski definition) is 1. The number of hydrogen-bond acceptors (Lipinski definition) is 5. The molecule has 164 valence electrons. The minimum absolute atomic E-state index is 0.165. The van der Waals surface area contributed by atoms with Crippen LogP contribution >= 0.6 is 0 Å². The Balaban J connectivity index is 2.03. The number of nitrogens with one attached hydrogen (secondary N) is 1. The summed E-state index contributed by atoms with van der Waals surface area (Å²) in [6.07, 6.45) is 0. The molecule has 0 aliphatic rings. The summed E-state index contributed by atoms with van der Waals surface area (Å²) in [7, 11) is 0.103. The summed E-state index contributed by atoms with van der Waals surface area (Å²) in [4.78, 5) is 12.5. The Kier molecular flexibility index (Phi) is 8.01. The highest BCUT2D eigenvalue weighted by molar-refractivity contribution is 7.90. The molecule has 2 rings (SSSR count). The Labute approximate surface area is 176 Å². The highest BCUT2D eigenvalue weighted by Gasteiger charge is 2.29. The van der Waals surface area contributed by atoms with Crippen LogP contribution in [0.4, 0.5) is 10.1 Å². The van der Waals surface area contributed by atoms with Crippen LogP contribution in [0, 0.1) is 5.82 Å². The second-order valence-electron chi connectivity index (χ2n) is 6.70. The number of carbonyl (C=O) groups is 1. The van der Waals surface area contributed by atoms with Gasteiger partial charge in [0.25, 0.3) is 0 Å². The first-order chi connectivity index (χ1) is 14.1. The number of ether oxygens (including phenoxy) is 2. The third kappa shape index (κ3) is 6.07. The quantitative estimate of drug-likeness (QED) is 0.612. The Hall–Kier alpha value is -2.85. The molecule has 0 heterocycles. The van der Waals surface area contributed by atoms with Crippen LogP contribution in [-0.2, 0) is 15.0 Å². The van der Waals surface area contributed by atoms with Crippen LogP contribution in [0.2, 0.25) is 0 Å². The van der Waals surface area contributed by atoms with Crippen molar-refractivity contribution in [1.29, 1.82) is 0 Å². The van der Waals surface area contributed by atoms with E-state index in [1.165, 1.54) is 32.3 Å². The first-order valence-corrected chi connectivity index (χ1v) is 10.6. The molecule has 0 spiro atoms. The van der Waals surface area contributed by atoms with Gasteiger partial charge in [-0.25, -0.2) is 8.70 Å². The number of para-hydroxylation sites is 1. The van der Waals surface area contributed by atoms with Crippen molar-refractivity contribution in [3.8, 4) is 11.5 Å². The molecule has 10 heteroatoms. The van der Waals surface area contributed by atoms with Gasteiger partial charge in [0.1, 0.15) is 30.5 Å². The van der Waals surface area contributed by atoms with Crippen molar-refractivity contribution < 1.29 is 27.1 Å². The van der Waals surface area contributed by atoms with E-state index in [4.69, 9.17) is 9.47 Å². The zero-order chi connectivity index (χ0) is 22.3. The lowest BCUT2D eigenvalue weighted by Gasteiger charge is -2.27. The third-order valence-electron chi connectivity index (χ3n) is 4.12. The van der Waals surface area contributed by atoms with Crippen molar-refractivity contribution in [2.24, 2.45) is 0 Å². The van der Waals surface area contributed by atoms with E-state index in [9.17, 15) is 17.6 Å². The van der Waals surface area contributed by atoms with Gasteiger partial charge in [-0.1, -0.05) is 12.1 Å². The second kappa shape index (κ2) is 10.3. The third-order valence-corrected chi connectivity index (χ3v) is 5.92. The van der Waals surface area contributed by atoms with Gasteiger partial charge in [0.15, 0.2) is 0 Å². The molecule has 1 amide bonds. The molecule has 0 aliphatic heterocycles. The Bertz CT molecular complexity index is 951. The molecule has 0 saturated heterocycles. The standard InChI is InChI=1S/C20H26FN3O5S/c1-15(14-29-17-11-9-16(28-4)10-12-17)22-20(25)13-24(30(26,27)23(2)3)19-8-6-5-7-18(19)21/h5-12,15H,13-14H2,1-4H3,(H,22,25). The summed E-state index contributed by atoms with van der Waals surface area (Å²) in [5, 5.41) is 2.67. The monoisotopic (exact) mass is 439 g/mol. The number of benzene rings is 2. The normalized spacial score (nSPS) is 12.3. The average molecular weight is 440 g/mol. The number of amides is 1. The van der Waals surface area contributed by atoms with Gasteiger partial charge >= 0.3 is 10.2 Å². The van der Waals surface area contributed by atoms with Gasteiger partial charge in [-0.3, -0.25) is 4.79 Å². The van der Waals surface area contributed by atoms with Crippen LogP contribution < -0.4 is 19.1 Å². The van der Waals surface area contributed by atoms with Gasteiger partial charge in [-0.15, -0.1) is 0 Å². The van der Waals surface area contributed by atoms with E-state index in [1.807, 2.05) is 0 Å². The molecule has 30 heavy (non-hydrogen) atoms. The Morgan fingerprint density at radius 3 is 2.27 bits per heavy atom. The molecule has 0 bridgehead atoms. The van der Waals surface area contributed by atoms with Crippen LogP contribution in [0.1, 0.15) is 6.92 Å². The maximum absolute atomic E-state index is 14.2. The van der Waals surface area contributed by atoms with Gasteiger partial charge in [0, 0.05) is 14.1 Å². The molecule has 0 radical (unpaired) electrons. The molecule has 0 aromatic heterocycles. The minimum Gasteiger partial charge on any atom is -0.497 e. The SMILES string of the molecule is COc1ccc(OCC(C)NC(=O)CN(c2ccccc2F)S(=O)(=O)N(C)C)cc1. The molecule has 2 aromatic carbocycles. The van der Waals surface area contributed by atoms with Crippen molar-refractivity contribution in [3.63, 3.8) is 0 Å². The molecular formula is C20H26FN3O5S. The molecule has 2 aromatic rings. The zero-order valence-corrected chi connectivity index (χ0v) is 18.1. The van der Waals surface area contributed by atoms with Gasteiger partial charge in [0.05, 0.1) is 18.8 Å². The highest BCUT2D eigenvalue weighted by atomic mass is 32.2. The average Bonchev–Trinajstić information content (AvgIpc) is 2.71. The fraction of sp³-hybridized carbons (Fsp3) is 0.350. The number of anilines is 1. The Morgan fingerprint density at radius 2 is 1.70 bits per heavy atom. The predicted molar refractivity (Wildman–Crippen MR) is 112 cm³/mol. The lowest BCUT2D eigenvalue weighted by Crippen LogP contribution is -2.48. The Morgan fingerprint density at radius 1 is 1.10 bits per heavy atom. The van der Waals surface area contributed by atoms with Gasteiger partial charge in [0.2, 0.25) is 5.91 Å². The fourth-order valence-corrected chi connectivity index (χ4v) is 3.60. The number of methoxy groups -OCH3 is 1. The maximum Gasteiger partial charge on any atom is 0.304 e. The van der Waals surface area contributed by atoms with Gasteiger partial charge < -0.3 is 14.8 Å². The van der Waals surface area contributed by atoms with Crippen LogP contribution in [0.3, 0.4) is 0 Å². The van der Waals surface area contributed by atoms with E-state index in [0.717, 1.165) is 14.7 Å². The van der Waals surface area contributed by atoms with Gasteiger partial charge in [-0.2, -0.15) is 12.7 Å². The molecule has 0 saturated carbocycles. The molecule has 1 unspecified atom stereocenters. The molecule has 8 nitrogen and oxygen atoms in total. The van der Waals surface area contributed by atoms with Crippen LogP contribution in [0.25, 0.3) is 0 Å². The number of rotatable bonds is 10. The predicted octanol–water partition coefficient (Wildman–Crippen LogP) is 2.03. The maximum atomic E-state index is 14.2. The van der Waals surface area contributed by atoms with Crippen LogP contribution in [0.5, 0.6) is 11.5 Å². The molecule has 0 aliphatic carbocycles. The molecule has 1 atom stereocenters. The second-order valence-corrected chi connectivity index (χ2v) is 8.77. The number of nitrogens with zero attached hydrogens (tertiary/aromatic N) is 2. The smallest absolute Gasteiger partial charge is 0.304 e. The first-order valence-electron chi connectivity index (χ1n) is 9.16. The van der Waals surface area contributed by atoms with E-state index >= 15 is 0 Å². The lowest BCUT2D eigenvalue weighted by atomic mass is 10.3. The van der Waals surface area contributed by atoms with E-state index < -0.39 is 34.5 Å².